The molecule has 0 spiro atoms. The van der Waals surface area contributed by atoms with Crippen LogP contribution < -0.4 is 16.0 Å². The van der Waals surface area contributed by atoms with Crippen LogP contribution in [0.5, 0.6) is 0 Å². The van der Waals surface area contributed by atoms with Crippen molar-refractivity contribution >= 4 is 23.2 Å². The maximum Gasteiger partial charge on any atom is 0.217 e. The second kappa shape index (κ2) is 5.59. The average molecular weight is 268 g/mol. The Balaban J connectivity index is 2.05. The van der Waals surface area contributed by atoms with Gasteiger partial charge >= 0.3 is 0 Å². The van der Waals surface area contributed by atoms with Crippen molar-refractivity contribution in [1.82, 2.24) is 5.32 Å². The van der Waals surface area contributed by atoms with E-state index in [-0.39, 0.29) is 11.9 Å². The highest BCUT2D eigenvalue weighted by molar-refractivity contribution is 6.31. The Morgan fingerprint density at radius 2 is 2.39 bits per heavy atom. The van der Waals surface area contributed by atoms with Crippen LogP contribution in [0.4, 0.5) is 5.69 Å². The van der Waals surface area contributed by atoms with Crippen LogP contribution in [0.1, 0.15) is 18.9 Å². The molecule has 1 amide bonds. The summed E-state index contributed by atoms with van der Waals surface area (Å²) < 4.78 is 0. The van der Waals surface area contributed by atoms with Crippen molar-refractivity contribution in [3.63, 3.8) is 0 Å². The molecule has 98 valence electrons. The van der Waals surface area contributed by atoms with E-state index in [1.54, 1.807) is 6.92 Å². The average Bonchev–Trinajstić information content (AvgIpc) is 2.76. The fourth-order valence-corrected chi connectivity index (χ4v) is 2.55. The van der Waals surface area contributed by atoms with Crippen molar-refractivity contribution in [2.45, 2.75) is 25.9 Å². The Morgan fingerprint density at radius 3 is 3.00 bits per heavy atom. The smallest absolute Gasteiger partial charge is 0.217 e. The first-order valence-electron chi connectivity index (χ1n) is 6.10. The zero-order chi connectivity index (χ0) is 13.1. The molecule has 0 bridgehead atoms. The summed E-state index contributed by atoms with van der Waals surface area (Å²) in [6.07, 6.45) is 0.968. The first-order chi connectivity index (χ1) is 8.60. The zero-order valence-corrected chi connectivity index (χ0v) is 11.2. The fourth-order valence-electron chi connectivity index (χ4n) is 2.30. The van der Waals surface area contributed by atoms with E-state index in [1.165, 1.54) is 0 Å². The van der Waals surface area contributed by atoms with Gasteiger partial charge in [0, 0.05) is 43.3 Å². The van der Waals surface area contributed by atoms with Gasteiger partial charge in [-0.1, -0.05) is 17.7 Å². The summed E-state index contributed by atoms with van der Waals surface area (Å²) in [7, 11) is 0. The highest BCUT2D eigenvalue weighted by atomic mass is 35.5. The van der Waals surface area contributed by atoms with Crippen molar-refractivity contribution in [3.8, 4) is 0 Å². The van der Waals surface area contributed by atoms with Gasteiger partial charge < -0.3 is 16.0 Å². The third kappa shape index (κ3) is 2.94. The largest absolute Gasteiger partial charge is 0.369 e. The Morgan fingerprint density at radius 1 is 1.61 bits per heavy atom. The second-order valence-corrected chi connectivity index (χ2v) is 5.02. The van der Waals surface area contributed by atoms with Crippen molar-refractivity contribution in [3.05, 3.63) is 28.8 Å². The van der Waals surface area contributed by atoms with Gasteiger partial charge in [0.25, 0.3) is 0 Å². The molecule has 4 nitrogen and oxygen atoms in total. The van der Waals surface area contributed by atoms with Gasteiger partial charge in [-0.25, -0.2) is 0 Å². The minimum absolute atomic E-state index is 0.0263. The molecule has 1 unspecified atom stereocenters. The van der Waals surface area contributed by atoms with Gasteiger partial charge in [-0.2, -0.15) is 0 Å². The number of anilines is 1. The van der Waals surface area contributed by atoms with Gasteiger partial charge in [-0.15, -0.1) is 0 Å². The van der Waals surface area contributed by atoms with Gasteiger partial charge in [0.2, 0.25) is 5.91 Å². The number of nitrogens with one attached hydrogen (secondary N) is 1. The lowest BCUT2D eigenvalue weighted by Crippen LogP contribution is -2.35. The number of benzene rings is 1. The van der Waals surface area contributed by atoms with Gasteiger partial charge in [-0.3, -0.25) is 4.79 Å². The minimum atomic E-state index is 0.0263. The molecule has 5 heteroatoms. The quantitative estimate of drug-likeness (QED) is 0.873. The summed E-state index contributed by atoms with van der Waals surface area (Å²) in [5.41, 5.74) is 7.63. The number of rotatable bonds is 3. The molecule has 0 aliphatic carbocycles. The molecule has 0 aromatic heterocycles. The fraction of sp³-hybridized carbons (Fsp3) is 0.462. The lowest BCUT2D eigenvalue weighted by Gasteiger charge is -2.19. The van der Waals surface area contributed by atoms with Crippen molar-refractivity contribution in [2.24, 2.45) is 5.73 Å². The van der Waals surface area contributed by atoms with E-state index in [2.05, 4.69) is 10.2 Å². The van der Waals surface area contributed by atoms with E-state index >= 15 is 0 Å². The van der Waals surface area contributed by atoms with Crippen molar-refractivity contribution < 1.29 is 4.79 Å². The standard InChI is InChI=1S/C13H18ClN3O/c1-9(18)16-11-4-5-17(8-11)12-3-2-10(7-15)13(14)6-12/h2-3,6,11H,4-5,7-8,15H2,1H3,(H,16,18). The molecular formula is C13H18ClN3O. The molecule has 1 heterocycles. The van der Waals surface area contributed by atoms with Gasteiger partial charge in [0.1, 0.15) is 0 Å². The van der Waals surface area contributed by atoms with Crippen molar-refractivity contribution in [1.29, 1.82) is 0 Å². The van der Waals surface area contributed by atoms with Crippen LogP contribution in [-0.4, -0.2) is 25.0 Å². The minimum Gasteiger partial charge on any atom is -0.369 e. The molecule has 1 atom stereocenters. The van der Waals surface area contributed by atoms with E-state index in [9.17, 15) is 4.79 Å². The van der Waals surface area contributed by atoms with Gasteiger partial charge in [-0.05, 0) is 24.1 Å². The summed E-state index contributed by atoms with van der Waals surface area (Å²) in [6, 6.07) is 6.17. The highest BCUT2D eigenvalue weighted by Gasteiger charge is 2.23. The number of hydrogen-bond acceptors (Lipinski definition) is 3. The summed E-state index contributed by atoms with van der Waals surface area (Å²) in [6.45, 7) is 3.77. The zero-order valence-electron chi connectivity index (χ0n) is 10.4. The molecule has 0 saturated carbocycles. The summed E-state index contributed by atoms with van der Waals surface area (Å²) in [5, 5.41) is 3.65. The number of amides is 1. The first kappa shape index (κ1) is 13.2. The van der Waals surface area contributed by atoms with Crippen LogP contribution >= 0.6 is 11.6 Å². The number of carbonyl (C=O) groups is 1. The second-order valence-electron chi connectivity index (χ2n) is 4.61. The molecule has 1 aliphatic heterocycles. The van der Waals surface area contributed by atoms with Gasteiger partial charge in [0.15, 0.2) is 0 Å². The maximum atomic E-state index is 11.0. The number of halogens is 1. The molecule has 3 N–H and O–H groups in total. The van der Waals surface area contributed by atoms with Crippen LogP contribution in [0.25, 0.3) is 0 Å². The van der Waals surface area contributed by atoms with Crippen LogP contribution in [-0.2, 0) is 11.3 Å². The predicted octanol–water partition coefficient (Wildman–Crippen LogP) is 1.51. The molecule has 1 aromatic rings. The molecular weight excluding hydrogens is 250 g/mol. The van der Waals surface area contributed by atoms with E-state index in [4.69, 9.17) is 17.3 Å². The first-order valence-corrected chi connectivity index (χ1v) is 6.48. The Hall–Kier alpha value is -1.26. The monoisotopic (exact) mass is 267 g/mol. The Labute approximate surface area is 112 Å². The van der Waals surface area contributed by atoms with Crippen LogP contribution in [0, 0.1) is 0 Å². The molecule has 1 aliphatic rings. The number of hydrogen-bond donors (Lipinski definition) is 2. The lowest BCUT2D eigenvalue weighted by molar-refractivity contribution is -0.119. The number of nitrogens with zero attached hydrogens (tertiary/aromatic N) is 1. The predicted molar refractivity (Wildman–Crippen MR) is 73.8 cm³/mol. The van der Waals surface area contributed by atoms with Crippen LogP contribution in [0.2, 0.25) is 5.02 Å². The highest BCUT2D eigenvalue weighted by Crippen LogP contribution is 2.26. The van der Waals surface area contributed by atoms with Gasteiger partial charge in [0.05, 0.1) is 0 Å². The number of nitrogens with two attached hydrogens (primary N) is 1. The third-order valence-corrected chi connectivity index (χ3v) is 3.57. The Kier molecular flexibility index (Phi) is 4.09. The van der Waals surface area contributed by atoms with E-state index < -0.39 is 0 Å². The lowest BCUT2D eigenvalue weighted by atomic mass is 10.2. The third-order valence-electron chi connectivity index (χ3n) is 3.22. The Bertz CT molecular complexity index is 450. The van der Waals surface area contributed by atoms with E-state index in [1.807, 2.05) is 18.2 Å². The maximum absolute atomic E-state index is 11.0. The van der Waals surface area contributed by atoms with Crippen LogP contribution in [0.3, 0.4) is 0 Å². The van der Waals surface area contributed by atoms with Crippen molar-refractivity contribution in [2.75, 3.05) is 18.0 Å². The summed E-state index contributed by atoms with van der Waals surface area (Å²) in [5.74, 6) is 0.0263. The summed E-state index contributed by atoms with van der Waals surface area (Å²) in [4.78, 5) is 13.2. The molecule has 2 rings (SSSR count). The van der Waals surface area contributed by atoms with E-state index in [0.29, 0.717) is 11.6 Å². The molecule has 1 aromatic carbocycles. The summed E-state index contributed by atoms with van der Waals surface area (Å²) >= 11 is 6.15. The van der Waals surface area contributed by atoms with E-state index in [0.717, 1.165) is 30.8 Å². The normalized spacial score (nSPS) is 19.1. The molecule has 0 radical (unpaired) electrons. The molecule has 1 saturated heterocycles. The SMILES string of the molecule is CC(=O)NC1CCN(c2ccc(CN)c(Cl)c2)C1. The van der Waals surface area contributed by atoms with Crippen LogP contribution in [0.15, 0.2) is 18.2 Å². The molecule has 1 fully saturated rings. The topological polar surface area (TPSA) is 58.4 Å². The number of carbonyl (C=O) groups excluding carboxylic acids is 1. The molecule has 18 heavy (non-hydrogen) atoms.